The molecule has 2 aliphatic rings. The summed E-state index contributed by atoms with van der Waals surface area (Å²) in [6.45, 7) is 3.98. The SMILES string of the molecule is [2H]C1([2H])CC(C)(C)CC([2H])([2H])C12c1ccccc1-c1ccc(-c3cccc(-c4cccc(-c5cccc(-c6nc(-c7ccccc7)nc(-c7ccccc7)n6)c5)c4)c3)cc12. The Hall–Kier alpha value is -6.45. The largest absolute Gasteiger partial charge is 0.208 e. The van der Waals surface area contributed by atoms with Crippen LogP contribution in [0.3, 0.4) is 0 Å². The molecule has 0 unspecified atom stereocenters. The Balaban J connectivity index is 1.02. The van der Waals surface area contributed by atoms with Crippen LogP contribution in [0.2, 0.25) is 0 Å². The summed E-state index contributed by atoms with van der Waals surface area (Å²) in [5.74, 6) is 1.84. The van der Waals surface area contributed by atoms with Gasteiger partial charge in [-0.1, -0.05) is 166 Å². The lowest BCUT2D eigenvalue weighted by molar-refractivity contribution is 0.188. The maximum atomic E-state index is 9.63. The first-order chi connectivity index (χ1) is 28.9. The lowest BCUT2D eigenvalue weighted by atomic mass is 9.61. The molecule has 1 fully saturated rings. The molecule has 10 rings (SSSR count). The monoisotopic (exact) mass is 725 g/mol. The normalized spacial score (nSPS) is 17.8. The molecule has 8 aromatic rings. The molecule has 3 nitrogen and oxygen atoms in total. The van der Waals surface area contributed by atoms with Gasteiger partial charge in [0.2, 0.25) is 0 Å². The second kappa shape index (κ2) is 13.7. The van der Waals surface area contributed by atoms with Gasteiger partial charge in [-0.3, -0.25) is 0 Å². The molecule has 1 aromatic heterocycles. The van der Waals surface area contributed by atoms with Gasteiger partial charge in [-0.05, 0) is 111 Å². The summed E-state index contributed by atoms with van der Waals surface area (Å²) >= 11 is 0. The number of nitrogens with zero attached hydrogens (tertiary/aromatic N) is 3. The number of hydrogen-bond donors (Lipinski definition) is 0. The number of rotatable bonds is 6. The highest BCUT2D eigenvalue weighted by Gasteiger charge is 2.46. The molecule has 270 valence electrons. The van der Waals surface area contributed by atoms with E-state index in [-0.39, 0.29) is 12.8 Å². The van der Waals surface area contributed by atoms with Gasteiger partial charge in [0.1, 0.15) is 0 Å². The summed E-state index contributed by atoms with van der Waals surface area (Å²) in [7, 11) is 0. The van der Waals surface area contributed by atoms with Crippen LogP contribution in [0.15, 0.2) is 176 Å². The van der Waals surface area contributed by atoms with Crippen LogP contribution in [0.4, 0.5) is 0 Å². The van der Waals surface area contributed by atoms with Crippen LogP contribution in [0.5, 0.6) is 0 Å². The molecule has 0 amide bonds. The van der Waals surface area contributed by atoms with E-state index in [1.54, 1.807) is 0 Å². The molecule has 1 saturated carbocycles. The molecule has 0 atom stereocenters. The fourth-order valence-corrected chi connectivity index (χ4v) is 8.24. The summed E-state index contributed by atoms with van der Waals surface area (Å²) in [4.78, 5) is 14.8. The minimum absolute atomic E-state index is 0.269. The van der Waals surface area contributed by atoms with Gasteiger partial charge in [0.15, 0.2) is 17.5 Å². The Labute approximate surface area is 335 Å². The number of benzene rings is 7. The van der Waals surface area contributed by atoms with Crippen LogP contribution >= 0.6 is 0 Å². The van der Waals surface area contributed by atoms with Gasteiger partial charge in [-0.2, -0.15) is 0 Å². The highest BCUT2D eigenvalue weighted by Crippen LogP contribution is 2.58. The van der Waals surface area contributed by atoms with E-state index >= 15 is 0 Å². The van der Waals surface area contributed by atoms with E-state index in [9.17, 15) is 5.48 Å². The van der Waals surface area contributed by atoms with Crippen molar-refractivity contribution in [2.45, 2.75) is 44.8 Å². The predicted molar refractivity (Wildman–Crippen MR) is 231 cm³/mol. The molecule has 0 saturated heterocycles. The van der Waals surface area contributed by atoms with Crippen molar-refractivity contribution < 1.29 is 5.48 Å². The molecule has 0 radical (unpaired) electrons. The molecule has 56 heavy (non-hydrogen) atoms. The lowest BCUT2D eigenvalue weighted by Gasteiger charge is -2.43. The zero-order chi connectivity index (χ0) is 41.3. The second-order valence-corrected chi connectivity index (χ2v) is 15.7. The molecule has 2 aliphatic carbocycles. The summed E-state index contributed by atoms with van der Waals surface area (Å²) in [5.41, 5.74) is 10.3. The van der Waals surface area contributed by atoms with Crippen LogP contribution in [0.25, 0.3) is 78.7 Å². The molecule has 0 bridgehead atoms. The lowest BCUT2D eigenvalue weighted by Crippen LogP contribution is -2.34. The summed E-state index contributed by atoms with van der Waals surface area (Å²) < 4.78 is 38.5. The van der Waals surface area contributed by atoms with Crippen LogP contribution in [0.1, 0.15) is 56.0 Å². The van der Waals surface area contributed by atoms with E-state index in [2.05, 4.69) is 78.9 Å². The van der Waals surface area contributed by atoms with Crippen molar-refractivity contribution in [3.8, 4) is 78.7 Å². The number of fused-ring (bicyclic) bond motifs is 5. The Morgan fingerprint density at radius 2 is 0.768 bits per heavy atom. The average Bonchev–Trinajstić information content (AvgIpc) is 3.58. The molecular formula is C53H43N3. The fourth-order valence-electron chi connectivity index (χ4n) is 8.24. The van der Waals surface area contributed by atoms with E-state index in [1.165, 1.54) is 0 Å². The number of aromatic nitrogens is 3. The van der Waals surface area contributed by atoms with Gasteiger partial charge in [0.25, 0.3) is 0 Å². The summed E-state index contributed by atoms with van der Waals surface area (Å²) in [6, 6.07) is 59.4. The van der Waals surface area contributed by atoms with Crippen molar-refractivity contribution in [2.75, 3.05) is 0 Å². The van der Waals surface area contributed by atoms with Gasteiger partial charge >= 0.3 is 0 Å². The molecule has 0 N–H and O–H groups in total. The first-order valence-corrected chi connectivity index (χ1v) is 19.4. The third-order valence-electron chi connectivity index (χ3n) is 11.3. The van der Waals surface area contributed by atoms with Crippen LogP contribution in [-0.4, -0.2) is 15.0 Å². The second-order valence-electron chi connectivity index (χ2n) is 15.7. The Morgan fingerprint density at radius 3 is 1.30 bits per heavy atom. The van der Waals surface area contributed by atoms with E-state index in [0.29, 0.717) is 17.5 Å². The maximum Gasteiger partial charge on any atom is 0.164 e. The van der Waals surface area contributed by atoms with E-state index in [1.807, 2.05) is 111 Å². The van der Waals surface area contributed by atoms with Crippen molar-refractivity contribution in [3.63, 3.8) is 0 Å². The average molecular weight is 726 g/mol. The standard InChI is InChI=1S/C53H43N3/c1-52(2)28-30-53(31-29-52)47-25-10-9-24-45(47)46-27-26-43(35-48(46)53)41-21-12-19-39(33-41)38-18-11-20-40(32-38)42-22-13-23-44(34-42)51-55-49(36-14-5-3-6-15-36)54-50(56-51)37-16-7-4-8-17-37/h3-27,32-35H,28-31H2,1-2H3/i30D2,31D2. The molecule has 3 heteroatoms. The molecule has 1 spiro atoms. The van der Waals surface area contributed by atoms with Crippen LogP contribution < -0.4 is 0 Å². The highest BCUT2D eigenvalue weighted by atomic mass is 15.0. The van der Waals surface area contributed by atoms with E-state index < -0.39 is 23.6 Å². The topological polar surface area (TPSA) is 38.7 Å². The quantitative estimate of drug-likeness (QED) is 0.171. The Morgan fingerprint density at radius 1 is 0.375 bits per heavy atom. The van der Waals surface area contributed by atoms with Gasteiger partial charge in [0, 0.05) is 27.6 Å². The van der Waals surface area contributed by atoms with Crippen LogP contribution in [0, 0.1) is 5.41 Å². The smallest absolute Gasteiger partial charge is 0.164 e. The Bertz CT molecular complexity index is 2850. The molecule has 7 aromatic carbocycles. The fraction of sp³-hybridized carbons (Fsp3) is 0.151. The third kappa shape index (κ3) is 6.14. The molecule has 0 aliphatic heterocycles. The Kier molecular flexibility index (Phi) is 7.30. The first kappa shape index (κ1) is 29.9. The van der Waals surface area contributed by atoms with Gasteiger partial charge in [-0.15, -0.1) is 0 Å². The van der Waals surface area contributed by atoms with Crippen LogP contribution in [-0.2, 0) is 5.41 Å². The van der Waals surface area contributed by atoms with E-state index in [4.69, 9.17) is 15.0 Å². The summed E-state index contributed by atoms with van der Waals surface area (Å²) in [5, 5.41) is 0. The summed E-state index contributed by atoms with van der Waals surface area (Å²) in [6.07, 6.45) is -3.11. The zero-order valence-electron chi connectivity index (χ0n) is 35.5. The van der Waals surface area contributed by atoms with Crippen molar-refractivity contribution in [3.05, 3.63) is 187 Å². The first-order valence-electron chi connectivity index (χ1n) is 21.4. The maximum absolute atomic E-state index is 9.63. The van der Waals surface area contributed by atoms with Crippen molar-refractivity contribution in [1.82, 2.24) is 15.0 Å². The van der Waals surface area contributed by atoms with Crippen molar-refractivity contribution >= 4 is 0 Å². The number of hydrogen-bond acceptors (Lipinski definition) is 3. The van der Waals surface area contributed by atoms with E-state index in [0.717, 1.165) is 72.3 Å². The molecule has 1 heterocycles. The minimum atomic E-state index is -1.82. The third-order valence-corrected chi connectivity index (χ3v) is 11.3. The van der Waals surface area contributed by atoms with Crippen molar-refractivity contribution in [2.24, 2.45) is 5.41 Å². The predicted octanol–water partition coefficient (Wildman–Crippen LogP) is 13.7. The zero-order valence-corrected chi connectivity index (χ0v) is 31.5. The van der Waals surface area contributed by atoms with Gasteiger partial charge in [0.05, 0.1) is 0 Å². The molecular weight excluding hydrogens is 679 g/mol. The van der Waals surface area contributed by atoms with Gasteiger partial charge < -0.3 is 0 Å². The minimum Gasteiger partial charge on any atom is -0.208 e. The van der Waals surface area contributed by atoms with Gasteiger partial charge in [-0.25, -0.2) is 15.0 Å². The highest BCUT2D eigenvalue weighted by molar-refractivity contribution is 5.85. The van der Waals surface area contributed by atoms with Crippen molar-refractivity contribution in [1.29, 1.82) is 0 Å².